The molecule has 0 aliphatic heterocycles. The minimum atomic E-state index is -3.85. The molecule has 8 nitrogen and oxygen atoms in total. The minimum absolute atomic E-state index is 0.00306. The van der Waals surface area contributed by atoms with Crippen LogP contribution in [-0.4, -0.2) is 56.5 Å². The van der Waals surface area contributed by atoms with Crippen molar-refractivity contribution in [1.29, 1.82) is 0 Å². The predicted octanol–water partition coefficient (Wildman–Crippen LogP) is 4.02. The first-order chi connectivity index (χ1) is 18.1. The third-order valence-corrected chi connectivity index (χ3v) is 7.79. The summed E-state index contributed by atoms with van der Waals surface area (Å²) in [5.74, 6) is -0.904. The number of aliphatic hydroxyl groups excluding tert-OH is 1. The maximum absolute atomic E-state index is 13.2. The second-order valence-corrected chi connectivity index (χ2v) is 11.0. The van der Waals surface area contributed by atoms with E-state index in [0.29, 0.717) is 31.1 Å². The van der Waals surface area contributed by atoms with Gasteiger partial charge >= 0.3 is 5.97 Å². The van der Waals surface area contributed by atoms with Gasteiger partial charge in [-0.25, -0.2) is 8.42 Å². The summed E-state index contributed by atoms with van der Waals surface area (Å²) in [5.41, 5.74) is 1.87. The zero-order valence-corrected chi connectivity index (χ0v) is 22.8. The number of ketones is 1. The number of hydrogen-bond donors (Lipinski definition) is 2. The lowest BCUT2D eigenvalue weighted by Gasteiger charge is -2.17. The standard InChI is InChI=1S/C28H31ClN2O6S/c1-3-31(37-20(2)32)19-28(34)23-7-5-9-26(17-23)38(35,36)25-12-10-21(11-13-25)14-15-30-18-27(33)22-6-4-8-24(29)16-22/h4-13,16-17,27,30,33H,3,14-15,18-19H2,1-2H3/t27-/m0/s1. The highest BCUT2D eigenvalue weighted by Crippen LogP contribution is 2.23. The van der Waals surface area contributed by atoms with E-state index in [0.717, 1.165) is 11.1 Å². The number of hydroxylamine groups is 2. The predicted molar refractivity (Wildman–Crippen MR) is 145 cm³/mol. The number of carbonyl (C=O) groups excluding carboxylic acids is 2. The van der Waals surface area contributed by atoms with E-state index in [4.69, 9.17) is 16.4 Å². The molecule has 2 N–H and O–H groups in total. The molecule has 0 unspecified atom stereocenters. The summed E-state index contributed by atoms with van der Waals surface area (Å²) in [7, 11) is -3.85. The smallest absolute Gasteiger partial charge is 0.322 e. The Bertz CT molecular complexity index is 1360. The molecule has 0 saturated carbocycles. The fraction of sp³-hybridized carbons (Fsp3) is 0.286. The van der Waals surface area contributed by atoms with Gasteiger partial charge in [0, 0.05) is 30.6 Å². The number of rotatable bonds is 13. The Hall–Kier alpha value is -3.08. The molecule has 0 amide bonds. The fourth-order valence-corrected chi connectivity index (χ4v) is 5.26. The molecule has 10 heteroatoms. The summed E-state index contributed by atoms with van der Waals surface area (Å²) < 4.78 is 26.4. The molecule has 0 bridgehead atoms. The van der Waals surface area contributed by atoms with Crippen molar-refractivity contribution >= 4 is 33.2 Å². The highest BCUT2D eigenvalue weighted by Gasteiger charge is 2.20. The Morgan fingerprint density at radius 3 is 2.39 bits per heavy atom. The third kappa shape index (κ3) is 8.21. The molecule has 0 radical (unpaired) electrons. The van der Waals surface area contributed by atoms with Crippen LogP contribution in [0.2, 0.25) is 5.02 Å². The Kier molecular flexibility index (Phi) is 10.6. The zero-order chi connectivity index (χ0) is 27.7. The molecule has 202 valence electrons. The fourth-order valence-electron chi connectivity index (χ4n) is 3.75. The van der Waals surface area contributed by atoms with Gasteiger partial charge in [0.1, 0.15) is 0 Å². The lowest BCUT2D eigenvalue weighted by molar-refractivity contribution is -0.183. The van der Waals surface area contributed by atoms with Crippen LogP contribution in [-0.2, 0) is 25.9 Å². The van der Waals surface area contributed by atoms with Crippen molar-refractivity contribution in [3.63, 3.8) is 0 Å². The Labute approximate surface area is 228 Å². The SMILES string of the molecule is CCN(CC(=O)c1cccc(S(=O)(=O)c2ccc(CCNC[C@H](O)c3cccc(Cl)c3)cc2)c1)OC(C)=O. The largest absolute Gasteiger partial charge is 0.387 e. The van der Waals surface area contributed by atoms with Crippen LogP contribution in [0.4, 0.5) is 0 Å². The van der Waals surface area contributed by atoms with E-state index >= 15 is 0 Å². The number of aliphatic hydroxyl groups is 1. The van der Waals surface area contributed by atoms with Gasteiger partial charge in [0.05, 0.1) is 22.4 Å². The lowest BCUT2D eigenvalue weighted by Crippen LogP contribution is -2.31. The number of nitrogens with zero attached hydrogens (tertiary/aromatic N) is 1. The highest BCUT2D eigenvalue weighted by molar-refractivity contribution is 7.91. The van der Waals surface area contributed by atoms with Crippen molar-refractivity contribution in [2.75, 3.05) is 26.2 Å². The average Bonchev–Trinajstić information content (AvgIpc) is 2.90. The number of likely N-dealkylation sites (N-methyl/N-ethyl adjacent to an activating group) is 1. The monoisotopic (exact) mass is 558 g/mol. The number of sulfone groups is 1. The van der Waals surface area contributed by atoms with Crippen molar-refractivity contribution in [2.45, 2.75) is 36.2 Å². The molecular weight excluding hydrogens is 528 g/mol. The number of benzene rings is 3. The summed E-state index contributed by atoms with van der Waals surface area (Å²) in [6.07, 6.45) is -0.0429. The van der Waals surface area contributed by atoms with Crippen molar-refractivity contribution in [3.05, 3.63) is 94.5 Å². The first kappa shape index (κ1) is 29.5. The molecule has 0 aliphatic rings. The zero-order valence-electron chi connectivity index (χ0n) is 21.3. The van der Waals surface area contributed by atoms with Crippen molar-refractivity contribution < 1.29 is 28.0 Å². The number of carbonyl (C=O) groups is 2. The molecule has 0 heterocycles. The molecule has 3 aromatic rings. The third-order valence-electron chi connectivity index (χ3n) is 5.79. The maximum Gasteiger partial charge on any atom is 0.322 e. The van der Waals surface area contributed by atoms with Crippen LogP contribution in [0.3, 0.4) is 0 Å². The second kappa shape index (κ2) is 13.6. The molecule has 1 atom stereocenters. The van der Waals surface area contributed by atoms with Crippen LogP contribution in [0.25, 0.3) is 0 Å². The van der Waals surface area contributed by atoms with Gasteiger partial charge in [-0.2, -0.15) is 0 Å². The number of Topliss-reactive ketones (excluding diaryl/α,β-unsaturated/α-hetero) is 1. The van der Waals surface area contributed by atoms with Crippen LogP contribution in [0.1, 0.15) is 41.4 Å². The lowest BCUT2D eigenvalue weighted by atomic mass is 10.1. The minimum Gasteiger partial charge on any atom is -0.387 e. The van der Waals surface area contributed by atoms with E-state index in [1.54, 1.807) is 49.4 Å². The molecular formula is C28H31ClN2O6S. The topological polar surface area (TPSA) is 113 Å². The molecule has 3 rings (SSSR count). The quantitative estimate of drug-likeness (QED) is 0.184. The highest BCUT2D eigenvalue weighted by atomic mass is 35.5. The van der Waals surface area contributed by atoms with Gasteiger partial charge in [-0.1, -0.05) is 48.0 Å². The van der Waals surface area contributed by atoms with E-state index < -0.39 is 21.9 Å². The summed E-state index contributed by atoms with van der Waals surface area (Å²) in [5, 5.41) is 15.3. The first-order valence-electron chi connectivity index (χ1n) is 12.1. The molecule has 0 aliphatic carbocycles. The van der Waals surface area contributed by atoms with Crippen molar-refractivity contribution in [1.82, 2.24) is 10.4 Å². The second-order valence-electron chi connectivity index (χ2n) is 8.66. The van der Waals surface area contributed by atoms with Crippen LogP contribution in [0, 0.1) is 0 Å². The number of nitrogens with one attached hydrogen (secondary N) is 1. The molecule has 3 aromatic carbocycles. The Morgan fingerprint density at radius 2 is 1.74 bits per heavy atom. The van der Waals surface area contributed by atoms with E-state index in [9.17, 15) is 23.1 Å². The van der Waals surface area contributed by atoms with Crippen LogP contribution >= 0.6 is 11.6 Å². The average molecular weight is 559 g/mol. The van der Waals surface area contributed by atoms with Crippen LogP contribution < -0.4 is 5.32 Å². The van der Waals surface area contributed by atoms with Crippen LogP contribution in [0.5, 0.6) is 0 Å². The molecule has 38 heavy (non-hydrogen) atoms. The van der Waals surface area contributed by atoms with Crippen LogP contribution in [0.15, 0.2) is 82.6 Å². The first-order valence-corrected chi connectivity index (χ1v) is 14.0. The van der Waals surface area contributed by atoms with Gasteiger partial charge in [0.25, 0.3) is 0 Å². The Morgan fingerprint density at radius 1 is 1.03 bits per heavy atom. The van der Waals surface area contributed by atoms with Gasteiger partial charge in [0.2, 0.25) is 9.84 Å². The molecule has 0 spiro atoms. The van der Waals surface area contributed by atoms with Crippen molar-refractivity contribution in [3.8, 4) is 0 Å². The summed E-state index contributed by atoms with van der Waals surface area (Å²) in [4.78, 5) is 28.9. The maximum atomic E-state index is 13.2. The number of halogens is 1. The van der Waals surface area contributed by atoms with Gasteiger partial charge in [0.15, 0.2) is 5.78 Å². The Balaban J connectivity index is 1.59. The molecule has 0 fully saturated rings. The van der Waals surface area contributed by atoms with Gasteiger partial charge in [-0.15, -0.1) is 5.06 Å². The normalized spacial score (nSPS) is 12.3. The summed E-state index contributed by atoms with van der Waals surface area (Å²) in [6, 6.07) is 19.5. The summed E-state index contributed by atoms with van der Waals surface area (Å²) >= 11 is 5.97. The van der Waals surface area contributed by atoms with E-state index in [2.05, 4.69) is 5.32 Å². The van der Waals surface area contributed by atoms with Gasteiger partial charge in [-0.05, 0) is 67.4 Å². The van der Waals surface area contributed by atoms with E-state index in [1.165, 1.54) is 36.3 Å². The van der Waals surface area contributed by atoms with E-state index in [1.807, 2.05) is 6.07 Å². The van der Waals surface area contributed by atoms with Crippen molar-refractivity contribution in [2.24, 2.45) is 0 Å². The molecule has 0 saturated heterocycles. The van der Waals surface area contributed by atoms with Gasteiger partial charge < -0.3 is 15.3 Å². The van der Waals surface area contributed by atoms with Gasteiger partial charge in [-0.3, -0.25) is 9.59 Å². The van der Waals surface area contributed by atoms with E-state index in [-0.39, 0.29) is 27.7 Å². The molecule has 0 aromatic heterocycles. The summed E-state index contributed by atoms with van der Waals surface area (Å²) in [6.45, 7) is 4.07. The number of hydrogen-bond acceptors (Lipinski definition) is 8.